The molecule has 250 valence electrons. The smallest absolute Gasteiger partial charge is 0.338 e. The first kappa shape index (κ1) is 33.9. The molecular formula is C45H41NO4. The van der Waals surface area contributed by atoms with Crippen LogP contribution in [-0.4, -0.2) is 25.2 Å². The highest BCUT2D eigenvalue weighted by Crippen LogP contribution is 2.37. The standard InChI is InChI=1S/C45H41NO4/c1-5-49-44(47)38-10-7-9-37(29-38)43(35-17-13-31(3)14-18-35)36-21-19-33(20-22-36)34-23-27-41(28-24-34)46(40-25-15-32(4)16-26-40)42-12-8-11-39(30-42)45(48)50-6-2/h7-30,43H,5-6H2,1-4H3. The van der Waals surface area contributed by atoms with Gasteiger partial charge in [0.2, 0.25) is 0 Å². The van der Waals surface area contributed by atoms with E-state index in [0.717, 1.165) is 44.9 Å². The average Bonchev–Trinajstić information content (AvgIpc) is 3.14. The highest BCUT2D eigenvalue weighted by atomic mass is 16.5. The van der Waals surface area contributed by atoms with Crippen LogP contribution in [0.2, 0.25) is 0 Å². The largest absolute Gasteiger partial charge is 0.462 e. The molecule has 6 rings (SSSR count). The van der Waals surface area contributed by atoms with Crippen molar-refractivity contribution in [3.8, 4) is 11.1 Å². The van der Waals surface area contributed by atoms with E-state index in [1.807, 2.05) is 44.2 Å². The van der Waals surface area contributed by atoms with Gasteiger partial charge in [-0.25, -0.2) is 9.59 Å². The predicted molar refractivity (Wildman–Crippen MR) is 202 cm³/mol. The van der Waals surface area contributed by atoms with Crippen molar-refractivity contribution in [1.82, 2.24) is 0 Å². The van der Waals surface area contributed by atoms with Gasteiger partial charge in [0.05, 0.1) is 24.3 Å². The van der Waals surface area contributed by atoms with Crippen molar-refractivity contribution < 1.29 is 19.1 Å². The average molecular weight is 660 g/mol. The van der Waals surface area contributed by atoms with E-state index in [0.29, 0.717) is 24.3 Å². The maximum atomic E-state index is 12.6. The van der Waals surface area contributed by atoms with Crippen molar-refractivity contribution in [1.29, 1.82) is 0 Å². The first-order valence-corrected chi connectivity index (χ1v) is 17.0. The number of hydrogen-bond donors (Lipinski definition) is 0. The quantitative estimate of drug-likeness (QED) is 0.102. The minimum absolute atomic E-state index is 0.0603. The second-order valence-corrected chi connectivity index (χ2v) is 12.3. The summed E-state index contributed by atoms with van der Waals surface area (Å²) in [5.41, 5.74) is 11.7. The molecule has 50 heavy (non-hydrogen) atoms. The van der Waals surface area contributed by atoms with Gasteiger partial charge in [-0.15, -0.1) is 0 Å². The fraction of sp³-hybridized carbons (Fsp3) is 0.156. The molecule has 0 heterocycles. The molecule has 1 atom stereocenters. The predicted octanol–water partition coefficient (Wildman–Crippen LogP) is 11.0. The maximum absolute atomic E-state index is 12.6. The first-order valence-electron chi connectivity index (χ1n) is 17.0. The number of esters is 2. The second-order valence-electron chi connectivity index (χ2n) is 12.3. The molecule has 0 radical (unpaired) electrons. The lowest BCUT2D eigenvalue weighted by Gasteiger charge is -2.26. The van der Waals surface area contributed by atoms with Crippen molar-refractivity contribution in [3.05, 3.63) is 185 Å². The summed E-state index contributed by atoms with van der Waals surface area (Å²) >= 11 is 0. The number of ether oxygens (including phenoxy) is 2. The molecule has 0 saturated heterocycles. The molecule has 6 aromatic rings. The summed E-state index contributed by atoms with van der Waals surface area (Å²) in [7, 11) is 0. The zero-order valence-corrected chi connectivity index (χ0v) is 28.9. The van der Waals surface area contributed by atoms with Crippen molar-refractivity contribution >= 4 is 29.0 Å². The van der Waals surface area contributed by atoms with E-state index in [2.05, 4.69) is 122 Å². The minimum atomic E-state index is -0.340. The van der Waals surface area contributed by atoms with Gasteiger partial charge in [0.15, 0.2) is 0 Å². The summed E-state index contributed by atoms with van der Waals surface area (Å²) in [5.74, 6) is -0.716. The van der Waals surface area contributed by atoms with Gasteiger partial charge >= 0.3 is 11.9 Å². The lowest BCUT2D eigenvalue weighted by Crippen LogP contribution is -2.11. The summed E-state index contributed by atoms with van der Waals surface area (Å²) in [6.45, 7) is 8.43. The Labute approximate surface area is 294 Å². The monoisotopic (exact) mass is 659 g/mol. The molecule has 0 aliphatic carbocycles. The normalized spacial score (nSPS) is 11.4. The van der Waals surface area contributed by atoms with Crippen molar-refractivity contribution in [3.63, 3.8) is 0 Å². The molecule has 5 nitrogen and oxygen atoms in total. The van der Waals surface area contributed by atoms with Crippen LogP contribution in [0.3, 0.4) is 0 Å². The lowest BCUT2D eigenvalue weighted by atomic mass is 9.83. The molecule has 0 aromatic heterocycles. The van der Waals surface area contributed by atoms with Crippen LogP contribution in [0.4, 0.5) is 17.1 Å². The van der Waals surface area contributed by atoms with Gasteiger partial charge in [0.25, 0.3) is 0 Å². The molecule has 0 aliphatic heterocycles. The van der Waals surface area contributed by atoms with Crippen LogP contribution in [0.25, 0.3) is 11.1 Å². The Kier molecular flexibility index (Phi) is 10.5. The SMILES string of the molecule is CCOC(=O)c1cccc(C(c2ccc(C)cc2)c2ccc(-c3ccc(N(c4ccc(C)cc4)c4cccc(C(=O)OCC)c4)cc3)cc2)c1. The molecule has 0 aliphatic rings. The lowest BCUT2D eigenvalue weighted by molar-refractivity contribution is 0.0516. The molecule has 0 fully saturated rings. The van der Waals surface area contributed by atoms with Gasteiger partial charge < -0.3 is 14.4 Å². The molecular weight excluding hydrogens is 618 g/mol. The van der Waals surface area contributed by atoms with Gasteiger partial charge in [-0.1, -0.05) is 102 Å². The molecule has 0 saturated carbocycles. The fourth-order valence-electron chi connectivity index (χ4n) is 6.19. The van der Waals surface area contributed by atoms with Crippen molar-refractivity contribution in [2.75, 3.05) is 18.1 Å². The Morgan fingerprint density at radius 1 is 0.500 bits per heavy atom. The second kappa shape index (κ2) is 15.5. The number of carbonyl (C=O) groups is 2. The van der Waals surface area contributed by atoms with Crippen LogP contribution in [0, 0.1) is 13.8 Å². The number of benzene rings is 6. The van der Waals surface area contributed by atoms with Gasteiger partial charge in [0, 0.05) is 23.0 Å². The third kappa shape index (κ3) is 7.68. The van der Waals surface area contributed by atoms with Crippen LogP contribution in [0.1, 0.15) is 68.3 Å². The van der Waals surface area contributed by atoms with Gasteiger partial charge in [0.1, 0.15) is 0 Å². The Morgan fingerprint density at radius 2 is 0.940 bits per heavy atom. The summed E-state index contributed by atoms with van der Waals surface area (Å²) in [4.78, 5) is 27.3. The van der Waals surface area contributed by atoms with Gasteiger partial charge in [-0.05, 0) is 110 Å². The molecule has 5 heteroatoms. The molecule has 0 spiro atoms. The summed E-state index contributed by atoms with van der Waals surface area (Å²) in [6, 6.07) is 49.3. The number of rotatable bonds is 11. The Balaban J connectivity index is 1.33. The van der Waals surface area contributed by atoms with Crippen molar-refractivity contribution in [2.24, 2.45) is 0 Å². The number of anilines is 3. The van der Waals surface area contributed by atoms with E-state index in [1.54, 1.807) is 12.1 Å². The van der Waals surface area contributed by atoms with Gasteiger partial charge in [-0.3, -0.25) is 0 Å². The molecule has 0 N–H and O–H groups in total. The van der Waals surface area contributed by atoms with Crippen LogP contribution < -0.4 is 4.90 Å². The number of nitrogens with zero attached hydrogens (tertiary/aromatic N) is 1. The third-order valence-corrected chi connectivity index (χ3v) is 8.75. The molecule has 1 unspecified atom stereocenters. The van der Waals surface area contributed by atoms with Gasteiger partial charge in [-0.2, -0.15) is 0 Å². The Bertz CT molecular complexity index is 1910. The van der Waals surface area contributed by atoms with Crippen LogP contribution in [-0.2, 0) is 9.47 Å². The van der Waals surface area contributed by atoms with E-state index in [9.17, 15) is 9.59 Å². The summed E-state index contributed by atoms with van der Waals surface area (Å²) in [5, 5.41) is 0. The van der Waals surface area contributed by atoms with Crippen LogP contribution >= 0.6 is 0 Å². The maximum Gasteiger partial charge on any atom is 0.338 e. The van der Waals surface area contributed by atoms with E-state index >= 15 is 0 Å². The van der Waals surface area contributed by atoms with E-state index in [-0.39, 0.29) is 17.9 Å². The van der Waals surface area contributed by atoms with Crippen LogP contribution in [0.5, 0.6) is 0 Å². The highest BCUT2D eigenvalue weighted by Gasteiger charge is 2.20. The number of hydrogen-bond acceptors (Lipinski definition) is 5. The highest BCUT2D eigenvalue weighted by molar-refractivity contribution is 5.92. The van der Waals surface area contributed by atoms with E-state index < -0.39 is 0 Å². The molecule has 6 aromatic carbocycles. The summed E-state index contributed by atoms with van der Waals surface area (Å²) in [6.07, 6.45) is 0. The Hall–Kier alpha value is -5.94. The van der Waals surface area contributed by atoms with Crippen molar-refractivity contribution in [2.45, 2.75) is 33.6 Å². The summed E-state index contributed by atoms with van der Waals surface area (Å²) < 4.78 is 10.6. The van der Waals surface area contributed by atoms with E-state index in [4.69, 9.17) is 9.47 Å². The first-order chi connectivity index (χ1) is 24.3. The fourth-order valence-corrected chi connectivity index (χ4v) is 6.19. The Morgan fingerprint density at radius 3 is 1.48 bits per heavy atom. The number of aryl methyl sites for hydroxylation is 2. The molecule has 0 amide bonds. The number of carbonyl (C=O) groups excluding carboxylic acids is 2. The zero-order chi connectivity index (χ0) is 35.0. The van der Waals surface area contributed by atoms with Crippen LogP contribution in [0.15, 0.2) is 146 Å². The zero-order valence-electron chi connectivity index (χ0n) is 28.9. The minimum Gasteiger partial charge on any atom is -0.462 e. The van der Waals surface area contributed by atoms with E-state index in [1.165, 1.54) is 11.1 Å². The topological polar surface area (TPSA) is 55.8 Å². The third-order valence-electron chi connectivity index (χ3n) is 8.75. The molecule has 0 bridgehead atoms.